The number of anilines is 2. The summed E-state index contributed by atoms with van der Waals surface area (Å²) in [6.45, 7) is 3.63. The molecule has 152 valence electrons. The van der Waals surface area contributed by atoms with Gasteiger partial charge in [0.2, 0.25) is 17.8 Å². The van der Waals surface area contributed by atoms with E-state index in [-0.39, 0.29) is 23.6 Å². The molecule has 2 fully saturated rings. The highest BCUT2D eigenvalue weighted by molar-refractivity contribution is 5.95. The van der Waals surface area contributed by atoms with Crippen LogP contribution in [-0.2, 0) is 9.59 Å². The molecule has 0 aliphatic carbocycles. The molecule has 0 atom stereocenters. The Labute approximate surface area is 168 Å². The first kappa shape index (κ1) is 19.3. The third kappa shape index (κ3) is 4.21. The van der Waals surface area contributed by atoms with Gasteiger partial charge in [0.25, 0.3) is 0 Å². The standard InChI is InChI=1S/C21H24FN5O2/c1-14(28)26-10-7-16(8-11-26)24-21-23-13-18(22)20(25-21)15-4-2-5-17(12-15)27-9-3-6-19(27)29/h2,4-5,12-13,16H,3,6-11H2,1H3,(H,23,24,25). The third-order valence-electron chi connectivity index (χ3n) is 5.52. The highest BCUT2D eigenvalue weighted by Gasteiger charge is 2.23. The SMILES string of the molecule is CC(=O)N1CCC(Nc2ncc(F)c(-c3cccc(N4CCCC4=O)c3)n2)CC1. The number of nitrogens with zero attached hydrogens (tertiary/aromatic N) is 4. The maximum absolute atomic E-state index is 14.5. The van der Waals surface area contributed by atoms with Crippen LogP contribution in [0.15, 0.2) is 30.5 Å². The zero-order valence-electron chi connectivity index (χ0n) is 16.4. The van der Waals surface area contributed by atoms with Gasteiger partial charge in [-0.2, -0.15) is 0 Å². The summed E-state index contributed by atoms with van der Waals surface area (Å²) in [5, 5.41) is 3.26. The fourth-order valence-electron chi connectivity index (χ4n) is 3.90. The number of carbonyl (C=O) groups excluding carboxylic acids is 2. The minimum atomic E-state index is -0.508. The highest BCUT2D eigenvalue weighted by Crippen LogP contribution is 2.28. The van der Waals surface area contributed by atoms with Gasteiger partial charge in [-0.3, -0.25) is 9.59 Å². The van der Waals surface area contributed by atoms with E-state index in [4.69, 9.17) is 0 Å². The van der Waals surface area contributed by atoms with E-state index in [1.165, 1.54) is 6.20 Å². The van der Waals surface area contributed by atoms with E-state index in [1.807, 2.05) is 17.0 Å². The van der Waals surface area contributed by atoms with Gasteiger partial charge in [-0.1, -0.05) is 12.1 Å². The topological polar surface area (TPSA) is 78.4 Å². The molecule has 8 heteroatoms. The summed E-state index contributed by atoms with van der Waals surface area (Å²) in [7, 11) is 0. The fourth-order valence-corrected chi connectivity index (χ4v) is 3.90. The Kier molecular flexibility index (Phi) is 5.42. The molecule has 1 aromatic heterocycles. The van der Waals surface area contributed by atoms with Gasteiger partial charge in [0.05, 0.1) is 6.20 Å². The van der Waals surface area contributed by atoms with Gasteiger partial charge in [0.15, 0.2) is 5.82 Å². The number of rotatable bonds is 4. The van der Waals surface area contributed by atoms with Crippen LogP contribution in [-0.4, -0.2) is 52.4 Å². The van der Waals surface area contributed by atoms with Crippen molar-refractivity contribution in [3.05, 3.63) is 36.3 Å². The molecule has 1 aromatic carbocycles. The van der Waals surface area contributed by atoms with Crippen LogP contribution in [0.25, 0.3) is 11.3 Å². The van der Waals surface area contributed by atoms with Crippen molar-refractivity contribution < 1.29 is 14.0 Å². The minimum absolute atomic E-state index is 0.0835. The summed E-state index contributed by atoms with van der Waals surface area (Å²) in [6.07, 6.45) is 4.14. The lowest BCUT2D eigenvalue weighted by Crippen LogP contribution is -2.41. The van der Waals surface area contributed by atoms with Crippen LogP contribution >= 0.6 is 0 Å². The van der Waals surface area contributed by atoms with E-state index in [0.717, 1.165) is 24.9 Å². The zero-order valence-corrected chi connectivity index (χ0v) is 16.4. The Morgan fingerprint density at radius 1 is 1.24 bits per heavy atom. The van der Waals surface area contributed by atoms with Gasteiger partial charge in [0.1, 0.15) is 5.69 Å². The molecular weight excluding hydrogens is 373 g/mol. The molecule has 0 spiro atoms. The Bertz CT molecular complexity index is 927. The van der Waals surface area contributed by atoms with Crippen molar-refractivity contribution in [3.8, 4) is 11.3 Å². The monoisotopic (exact) mass is 397 g/mol. The molecule has 29 heavy (non-hydrogen) atoms. The summed E-state index contributed by atoms with van der Waals surface area (Å²) in [6, 6.07) is 7.38. The molecule has 2 saturated heterocycles. The average Bonchev–Trinajstić information content (AvgIpc) is 3.16. The number of likely N-dealkylation sites (tertiary alicyclic amines) is 1. The van der Waals surface area contributed by atoms with Crippen LogP contribution in [0.5, 0.6) is 0 Å². The second-order valence-corrected chi connectivity index (χ2v) is 7.51. The van der Waals surface area contributed by atoms with Gasteiger partial charge in [-0.25, -0.2) is 14.4 Å². The maximum Gasteiger partial charge on any atom is 0.227 e. The number of carbonyl (C=O) groups is 2. The molecule has 2 aliphatic heterocycles. The summed E-state index contributed by atoms with van der Waals surface area (Å²) < 4.78 is 14.5. The summed E-state index contributed by atoms with van der Waals surface area (Å²) in [5.41, 5.74) is 1.57. The first-order valence-electron chi connectivity index (χ1n) is 9.96. The third-order valence-corrected chi connectivity index (χ3v) is 5.52. The molecular formula is C21H24FN5O2. The molecule has 2 aromatic rings. The summed E-state index contributed by atoms with van der Waals surface area (Å²) in [4.78, 5) is 35.5. The predicted molar refractivity (Wildman–Crippen MR) is 108 cm³/mol. The maximum atomic E-state index is 14.5. The second kappa shape index (κ2) is 8.14. The molecule has 0 saturated carbocycles. The van der Waals surface area contributed by atoms with Crippen molar-refractivity contribution in [2.24, 2.45) is 0 Å². The lowest BCUT2D eigenvalue weighted by Gasteiger charge is -2.31. The first-order valence-corrected chi connectivity index (χ1v) is 9.96. The van der Waals surface area contributed by atoms with E-state index in [9.17, 15) is 14.0 Å². The van der Waals surface area contributed by atoms with E-state index in [0.29, 0.717) is 37.6 Å². The average molecular weight is 397 g/mol. The number of hydrogen-bond acceptors (Lipinski definition) is 5. The van der Waals surface area contributed by atoms with Crippen molar-refractivity contribution in [1.82, 2.24) is 14.9 Å². The van der Waals surface area contributed by atoms with Gasteiger partial charge in [0, 0.05) is 50.3 Å². The van der Waals surface area contributed by atoms with Gasteiger partial charge in [-0.15, -0.1) is 0 Å². The lowest BCUT2D eigenvalue weighted by atomic mass is 10.1. The van der Waals surface area contributed by atoms with Crippen molar-refractivity contribution in [2.75, 3.05) is 29.9 Å². The molecule has 4 rings (SSSR count). The second-order valence-electron chi connectivity index (χ2n) is 7.51. The molecule has 3 heterocycles. The largest absolute Gasteiger partial charge is 0.351 e. The number of aromatic nitrogens is 2. The zero-order chi connectivity index (χ0) is 20.4. The fraction of sp³-hybridized carbons (Fsp3) is 0.429. The van der Waals surface area contributed by atoms with Crippen LogP contribution in [0, 0.1) is 5.82 Å². The number of halogens is 1. The lowest BCUT2D eigenvalue weighted by molar-refractivity contribution is -0.129. The van der Waals surface area contributed by atoms with Crippen LogP contribution in [0.3, 0.4) is 0 Å². The molecule has 0 unspecified atom stereocenters. The van der Waals surface area contributed by atoms with E-state index < -0.39 is 5.82 Å². The molecule has 7 nitrogen and oxygen atoms in total. The number of amides is 2. The molecule has 0 bridgehead atoms. The van der Waals surface area contributed by atoms with Crippen molar-refractivity contribution >= 4 is 23.5 Å². The van der Waals surface area contributed by atoms with E-state index in [1.54, 1.807) is 24.0 Å². The normalized spacial score (nSPS) is 17.7. The minimum Gasteiger partial charge on any atom is -0.351 e. The Morgan fingerprint density at radius 3 is 2.72 bits per heavy atom. The van der Waals surface area contributed by atoms with Crippen molar-refractivity contribution in [1.29, 1.82) is 0 Å². The Balaban J connectivity index is 1.52. The van der Waals surface area contributed by atoms with Gasteiger partial charge >= 0.3 is 0 Å². The van der Waals surface area contributed by atoms with Crippen LogP contribution in [0.1, 0.15) is 32.6 Å². The van der Waals surface area contributed by atoms with Crippen LogP contribution < -0.4 is 10.2 Å². The van der Waals surface area contributed by atoms with E-state index >= 15 is 0 Å². The quantitative estimate of drug-likeness (QED) is 0.858. The number of hydrogen-bond donors (Lipinski definition) is 1. The highest BCUT2D eigenvalue weighted by atomic mass is 19.1. The smallest absolute Gasteiger partial charge is 0.227 e. The summed E-state index contributed by atoms with van der Waals surface area (Å²) in [5.74, 6) is 0.0295. The van der Waals surface area contributed by atoms with Crippen molar-refractivity contribution in [2.45, 2.75) is 38.6 Å². The van der Waals surface area contributed by atoms with Crippen molar-refractivity contribution in [3.63, 3.8) is 0 Å². The molecule has 0 radical (unpaired) electrons. The number of benzene rings is 1. The first-order chi connectivity index (χ1) is 14.0. The predicted octanol–water partition coefficient (Wildman–Crippen LogP) is 2.83. The number of nitrogens with one attached hydrogen (secondary N) is 1. The van der Waals surface area contributed by atoms with Crippen LogP contribution in [0.4, 0.5) is 16.0 Å². The van der Waals surface area contributed by atoms with Gasteiger partial charge < -0.3 is 15.1 Å². The Morgan fingerprint density at radius 2 is 2.03 bits per heavy atom. The van der Waals surface area contributed by atoms with E-state index in [2.05, 4.69) is 15.3 Å². The molecule has 2 amide bonds. The number of piperidine rings is 1. The molecule has 2 aliphatic rings. The van der Waals surface area contributed by atoms with Gasteiger partial charge in [-0.05, 0) is 31.4 Å². The van der Waals surface area contributed by atoms with Crippen LogP contribution in [0.2, 0.25) is 0 Å². The Hall–Kier alpha value is -3.03. The summed E-state index contributed by atoms with van der Waals surface area (Å²) >= 11 is 0. The molecule has 1 N–H and O–H groups in total.